The zero-order valence-corrected chi connectivity index (χ0v) is 12.8. The fourth-order valence-corrected chi connectivity index (χ4v) is 2.47. The highest BCUT2D eigenvalue weighted by Gasteiger charge is 2.29. The van der Waals surface area contributed by atoms with E-state index in [1.54, 1.807) is 11.2 Å². The molecular weight excluding hydrogens is 256 g/mol. The molecule has 112 valence electrons. The Morgan fingerprint density at radius 2 is 2.05 bits per heavy atom. The molecule has 6 heteroatoms. The van der Waals surface area contributed by atoms with Gasteiger partial charge in [0.25, 0.3) is 0 Å². The van der Waals surface area contributed by atoms with Gasteiger partial charge in [-0.15, -0.1) is 10.2 Å². The molecule has 0 N–H and O–H groups in total. The van der Waals surface area contributed by atoms with E-state index in [2.05, 4.69) is 21.7 Å². The van der Waals surface area contributed by atoms with E-state index in [1.165, 1.54) is 0 Å². The molecule has 2 rings (SSSR count). The zero-order chi connectivity index (χ0) is 14.8. The first-order valence-corrected chi connectivity index (χ1v) is 7.26. The van der Waals surface area contributed by atoms with Crippen LogP contribution in [0.3, 0.4) is 0 Å². The molecule has 0 saturated carbocycles. The maximum atomic E-state index is 12.0. The molecule has 1 aromatic rings. The number of carbonyl (C=O) groups excluding carboxylic acids is 1. The Labute approximate surface area is 120 Å². The van der Waals surface area contributed by atoms with Gasteiger partial charge in [-0.05, 0) is 40.5 Å². The van der Waals surface area contributed by atoms with E-state index < -0.39 is 5.60 Å². The van der Waals surface area contributed by atoms with Gasteiger partial charge in [0, 0.05) is 25.6 Å². The van der Waals surface area contributed by atoms with E-state index in [1.807, 2.05) is 20.8 Å². The van der Waals surface area contributed by atoms with Crippen molar-refractivity contribution in [2.45, 2.75) is 58.6 Å². The Bertz CT molecular complexity index is 456. The van der Waals surface area contributed by atoms with Crippen molar-refractivity contribution in [2.75, 3.05) is 13.1 Å². The summed E-state index contributed by atoms with van der Waals surface area (Å²) < 4.78 is 7.48. The highest BCUT2D eigenvalue weighted by Crippen LogP contribution is 2.27. The van der Waals surface area contributed by atoms with Crippen molar-refractivity contribution in [2.24, 2.45) is 0 Å². The van der Waals surface area contributed by atoms with Crippen LogP contribution in [-0.2, 0) is 11.3 Å². The molecular formula is C14H24N4O2. The average molecular weight is 280 g/mol. The minimum atomic E-state index is -0.434. The van der Waals surface area contributed by atoms with Crippen molar-refractivity contribution in [3.63, 3.8) is 0 Å². The number of rotatable bonds is 2. The summed E-state index contributed by atoms with van der Waals surface area (Å²) >= 11 is 0. The van der Waals surface area contributed by atoms with Crippen molar-refractivity contribution in [1.29, 1.82) is 0 Å². The average Bonchev–Trinajstić information content (AvgIpc) is 2.85. The summed E-state index contributed by atoms with van der Waals surface area (Å²) in [6, 6.07) is 0. The largest absolute Gasteiger partial charge is 0.444 e. The summed E-state index contributed by atoms with van der Waals surface area (Å²) in [4.78, 5) is 13.8. The molecule has 0 aliphatic carbocycles. The first-order valence-electron chi connectivity index (χ1n) is 7.26. The van der Waals surface area contributed by atoms with Crippen LogP contribution in [0.5, 0.6) is 0 Å². The molecule has 0 spiro atoms. The number of nitrogens with zero attached hydrogens (tertiary/aromatic N) is 4. The molecule has 0 unspecified atom stereocenters. The summed E-state index contributed by atoms with van der Waals surface area (Å²) in [7, 11) is 0. The lowest BCUT2D eigenvalue weighted by Crippen LogP contribution is -2.41. The number of likely N-dealkylation sites (tertiary alicyclic amines) is 1. The van der Waals surface area contributed by atoms with Gasteiger partial charge >= 0.3 is 6.09 Å². The van der Waals surface area contributed by atoms with E-state index in [-0.39, 0.29) is 6.09 Å². The minimum absolute atomic E-state index is 0.215. The van der Waals surface area contributed by atoms with Crippen molar-refractivity contribution in [3.8, 4) is 0 Å². The van der Waals surface area contributed by atoms with Gasteiger partial charge in [-0.2, -0.15) is 0 Å². The molecule has 1 saturated heterocycles. The second-order valence-electron chi connectivity index (χ2n) is 6.22. The maximum absolute atomic E-state index is 12.0. The second-order valence-corrected chi connectivity index (χ2v) is 6.22. The Morgan fingerprint density at radius 1 is 1.40 bits per heavy atom. The van der Waals surface area contributed by atoms with Gasteiger partial charge in [-0.3, -0.25) is 0 Å². The number of ether oxygens (including phenoxy) is 1. The molecule has 1 aliphatic heterocycles. The normalized spacial score (nSPS) is 17.3. The SMILES string of the molecule is CCn1cnnc1C1CCN(C(=O)OC(C)(C)C)CC1. The summed E-state index contributed by atoms with van der Waals surface area (Å²) in [5.41, 5.74) is -0.434. The van der Waals surface area contributed by atoms with Gasteiger partial charge in [-0.25, -0.2) is 4.79 Å². The van der Waals surface area contributed by atoms with Crippen molar-refractivity contribution < 1.29 is 9.53 Å². The van der Waals surface area contributed by atoms with E-state index in [4.69, 9.17) is 4.74 Å². The smallest absolute Gasteiger partial charge is 0.410 e. The van der Waals surface area contributed by atoms with E-state index in [0.717, 1.165) is 38.3 Å². The van der Waals surface area contributed by atoms with Crippen LogP contribution in [0.4, 0.5) is 4.79 Å². The molecule has 6 nitrogen and oxygen atoms in total. The summed E-state index contributed by atoms with van der Waals surface area (Å²) in [6.45, 7) is 10.1. The lowest BCUT2D eigenvalue weighted by Gasteiger charge is -2.33. The lowest BCUT2D eigenvalue weighted by atomic mass is 9.96. The van der Waals surface area contributed by atoms with Crippen molar-refractivity contribution >= 4 is 6.09 Å². The molecule has 0 aromatic carbocycles. The van der Waals surface area contributed by atoms with Gasteiger partial charge < -0.3 is 14.2 Å². The van der Waals surface area contributed by atoms with E-state index in [0.29, 0.717) is 5.92 Å². The number of amides is 1. The van der Waals surface area contributed by atoms with Crippen LogP contribution < -0.4 is 0 Å². The minimum Gasteiger partial charge on any atom is -0.444 e. The molecule has 1 amide bonds. The fraction of sp³-hybridized carbons (Fsp3) is 0.786. The van der Waals surface area contributed by atoms with Crippen LogP contribution >= 0.6 is 0 Å². The van der Waals surface area contributed by atoms with Crippen LogP contribution in [0.1, 0.15) is 52.3 Å². The second kappa shape index (κ2) is 5.81. The molecule has 0 bridgehead atoms. The number of piperidine rings is 1. The van der Waals surface area contributed by atoms with E-state index >= 15 is 0 Å². The third-order valence-corrected chi connectivity index (χ3v) is 3.50. The molecule has 20 heavy (non-hydrogen) atoms. The highest BCUT2D eigenvalue weighted by atomic mass is 16.6. The lowest BCUT2D eigenvalue weighted by molar-refractivity contribution is 0.0202. The van der Waals surface area contributed by atoms with Gasteiger partial charge in [0.15, 0.2) is 0 Å². The Hall–Kier alpha value is -1.59. The zero-order valence-electron chi connectivity index (χ0n) is 12.8. The van der Waals surface area contributed by atoms with Crippen LogP contribution in [-0.4, -0.2) is 44.4 Å². The summed E-state index contributed by atoms with van der Waals surface area (Å²) in [5, 5.41) is 8.20. The number of aryl methyl sites for hydroxylation is 1. The van der Waals surface area contributed by atoms with Crippen molar-refractivity contribution in [3.05, 3.63) is 12.2 Å². The quantitative estimate of drug-likeness (QED) is 0.834. The van der Waals surface area contributed by atoms with E-state index in [9.17, 15) is 4.79 Å². The van der Waals surface area contributed by atoms with Gasteiger partial charge in [0.05, 0.1) is 0 Å². The van der Waals surface area contributed by atoms with Crippen LogP contribution in [0.15, 0.2) is 6.33 Å². The molecule has 1 aromatic heterocycles. The fourth-order valence-electron chi connectivity index (χ4n) is 2.47. The number of aromatic nitrogens is 3. The van der Waals surface area contributed by atoms with Crippen LogP contribution in [0.2, 0.25) is 0 Å². The summed E-state index contributed by atoms with van der Waals surface area (Å²) in [5.74, 6) is 1.42. The third kappa shape index (κ3) is 3.49. The number of hydrogen-bond acceptors (Lipinski definition) is 4. The number of carbonyl (C=O) groups is 1. The standard InChI is InChI=1S/C14H24N4O2/c1-5-17-10-15-16-12(17)11-6-8-18(9-7-11)13(19)20-14(2,3)4/h10-11H,5-9H2,1-4H3. The third-order valence-electron chi connectivity index (χ3n) is 3.50. The van der Waals surface area contributed by atoms with Gasteiger partial charge in [0.2, 0.25) is 0 Å². The molecule has 0 atom stereocenters. The Morgan fingerprint density at radius 3 is 2.60 bits per heavy atom. The first-order chi connectivity index (χ1) is 9.40. The predicted molar refractivity (Wildman–Crippen MR) is 75.5 cm³/mol. The van der Waals surface area contributed by atoms with Crippen molar-refractivity contribution in [1.82, 2.24) is 19.7 Å². The monoisotopic (exact) mass is 280 g/mol. The highest BCUT2D eigenvalue weighted by molar-refractivity contribution is 5.68. The predicted octanol–water partition coefficient (Wildman–Crippen LogP) is 2.41. The topological polar surface area (TPSA) is 60.2 Å². The molecule has 1 aliphatic rings. The molecule has 0 radical (unpaired) electrons. The first kappa shape index (κ1) is 14.8. The molecule has 1 fully saturated rings. The van der Waals surface area contributed by atoms with Gasteiger partial charge in [0.1, 0.15) is 17.8 Å². The Kier molecular flexibility index (Phi) is 4.30. The van der Waals surface area contributed by atoms with Gasteiger partial charge in [-0.1, -0.05) is 0 Å². The Balaban J connectivity index is 1.91. The van der Waals surface area contributed by atoms with Crippen LogP contribution in [0.25, 0.3) is 0 Å². The van der Waals surface area contributed by atoms with Crippen LogP contribution in [0, 0.1) is 0 Å². The number of hydrogen-bond donors (Lipinski definition) is 0. The maximum Gasteiger partial charge on any atom is 0.410 e. The summed E-state index contributed by atoms with van der Waals surface area (Å²) in [6.07, 6.45) is 3.39. The molecule has 2 heterocycles.